The molecule has 0 amide bonds. The number of benzene rings is 2. The maximum Gasteiger partial charge on any atom is 0.201 e. The van der Waals surface area contributed by atoms with E-state index in [2.05, 4.69) is 0 Å². The quantitative estimate of drug-likeness (QED) is 0.887. The minimum atomic E-state index is -1.27. The number of phenols is 1. The highest BCUT2D eigenvalue weighted by Crippen LogP contribution is 2.33. The molecule has 2 aromatic carbocycles. The molecule has 0 heterocycles. The maximum absolute atomic E-state index is 14.1. The molecule has 0 aliphatic carbocycles. The molecule has 0 unspecified atom stereocenters. The average molecular weight is 304 g/mol. The summed E-state index contributed by atoms with van der Waals surface area (Å²) in [4.78, 5) is 11.1. The number of phenolic OH excluding ortho intramolecular Hbond substituents is 1. The number of hydrogen-bond donors (Lipinski definition) is 1. The minimum Gasteiger partial charge on any atom is -0.505 e. The number of rotatable bonds is 5. The van der Waals surface area contributed by atoms with Crippen molar-refractivity contribution in [1.29, 1.82) is 0 Å². The van der Waals surface area contributed by atoms with Gasteiger partial charge in [-0.05, 0) is 42.5 Å². The standard InChI is InChI=1S/C18H18F2O2/c1-3-12-5-8-13(9-6-12)15-10-14(7-4-11(2)21)18(22)17(20)16(15)19/h5-6,8-10,22H,3-4,7H2,1-2H3. The van der Waals surface area contributed by atoms with Gasteiger partial charge in [-0.25, -0.2) is 4.39 Å². The Morgan fingerprint density at radius 2 is 1.77 bits per heavy atom. The van der Waals surface area contributed by atoms with Gasteiger partial charge in [-0.2, -0.15) is 4.39 Å². The summed E-state index contributed by atoms with van der Waals surface area (Å²) in [6, 6.07) is 8.58. The molecule has 0 aliphatic heterocycles. The van der Waals surface area contributed by atoms with E-state index in [0.29, 0.717) is 5.56 Å². The van der Waals surface area contributed by atoms with E-state index in [1.54, 1.807) is 12.1 Å². The molecular formula is C18H18F2O2. The van der Waals surface area contributed by atoms with Crippen molar-refractivity contribution in [3.63, 3.8) is 0 Å². The zero-order chi connectivity index (χ0) is 16.3. The van der Waals surface area contributed by atoms with Crippen LogP contribution in [0.1, 0.15) is 31.4 Å². The number of halogens is 2. The third-order valence-electron chi connectivity index (χ3n) is 3.68. The van der Waals surface area contributed by atoms with Crippen molar-refractivity contribution < 1.29 is 18.7 Å². The highest BCUT2D eigenvalue weighted by atomic mass is 19.2. The molecule has 0 spiro atoms. The largest absolute Gasteiger partial charge is 0.505 e. The Morgan fingerprint density at radius 3 is 2.32 bits per heavy atom. The number of hydrogen-bond acceptors (Lipinski definition) is 2. The summed E-state index contributed by atoms with van der Waals surface area (Å²) >= 11 is 0. The number of ketones is 1. The Kier molecular flexibility index (Phi) is 4.91. The smallest absolute Gasteiger partial charge is 0.201 e. The lowest BCUT2D eigenvalue weighted by atomic mass is 9.97. The molecule has 0 aliphatic rings. The fourth-order valence-corrected chi connectivity index (χ4v) is 2.30. The predicted octanol–water partition coefficient (Wildman–Crippen LogP) is 4.42. The molecule has 2 nitrogen and oxygen atoms in total. The van der Waals surface area contributed by atoms with Crippen molar-refractivity contribution in [2.45, 2.75) is 33.1 Å². The van der Waals surface area contributed by atoms with Crippen LogP contribution in [0.5, 0.6) is 5.75 Å². The lowest BCUT2D eigenvalue weighted by Crippen LogP contribution is -1.99. The molecule has 0 atom stereocenters. The Balaban J connectivity index is 2.47. The van der Waals surface area contributed by atoms with Crippen molar-refractivity contribution in [3.05, 3.63) is 53.1 Å². The summed E-state index contributed by atoms with van der Waals surface area (Å²) in [5.41, 5.74) is 1.97. The van der Waals surface area contributed by atoms with Gasteiger partial charge in [0.05, 0.1) is 0 Å². The van der Waals surface area contributed by atoms with E-state index in [4.69, 9.17) is 0 Å². The zero-order valence-electron chi connectivity index (χ0n) is 12.6. The average Bonchev–Trinajstić information content (AvgIpc) is 2.52. The van der Waals surface area contributed by atoms with Gasteiger partial charge in [-0.15, -0.1) is 0 Å². The van der Waals surface area contributed by atoms with E-state index in [-0.39, 0.29) is 29.8 Å². The third kappa shape index (κ3) is 3.32. The molecule has 22 heavy (non-hydrogen) atoms. The second-order valence-corrected chi connectivity index (χ2v) is 5.31. The fraction of sp³-hybridized carbons (Fsp3) is 0.278. The highest BCUT2D eigenvalue weighted by molar-refractivity contribution is 5.76. The van der Waals surface area contributed by atoms with Gasteiger partial charge in [0.2, 0.25) is 5.82 Å². The van der Waals surface area contributed by atoms with Gasteiger partial charge in [-0.1, -0.05) is 31.2 Å². The van der Waals surface area contributed by atoms with Crippen LogP contribution in [-0.2, 0) is 17.6 Å². The minimum absolute atomic E-state index is 0.0713. The van der Waals surface area contributed by atoms with Gasteiger partial charge >= 0.3 is 0 Å². The van der Waals surface area contributed by atoms with Crippen molar-refractivity contribution in [3.8, 4) is 16.9 Å². The van der Waals surface area contributed by atoms with E-state index < -0.39 is 17.4 Å². The third-order valence-corrected chi connectivity index (χ3v) is 3.68. The van der Waals surface area contributed by atoms with Gasteiger partial charge < -0.3 is 9.90 Å². The Bertz CT molecular complexity index is 691. The summed E-state index contributed by atoms with van der Waals surface area (Å²) in [5, 5.41) is 9.72. The number of carbonyl (C=O) groups excluding carboxylic acids is 1. The second-order valence-electron chi connectivity index (χ2n) is 5.31. The monoisotopic (exact) mass is 304 g/mol. The summed E-state index contributed by atoms with van der Waals surface area (Å²) in [7, 11) is 0. The van der Waals surface area contributed by atoms with E-state index in [0.717, 1.165) is 12.0 Å². The first kappa shape index (κ1) is 16.1. The van der Waals surface area contributed by atoms with Crippen LogP contribution in [0.2, 0.25) is 0 Å². The molecule has 0 saturated carbocycles. The Hall–Kier alpha value is -2.23. The Morgan fingerprint density at radius 1 is 1.14 bits per heavy atom. The van der Waals surface area contributed by atoms with Crippen LogP contribution in [0.4, 0.5) is 8.78 Å². The van der Waals surface area contributed by atoms with Crippen LogP contribution in [0.25, 0.3) is 11.1 Å². The lowest BCUT2D eigenvalue weighted by molar-refractivity contribution is -0.116. The van der Waals surface area contributed by atoms with Crippen molar-refractivity contribution in [2.24, 2.45) is 0 Å². The van der Waals surface area contributed by atoms with Crippen LogP contribution in [0.15, 0.2) is 30.3 Å². The van der Waals surface area contributed by atoms with Crippen LogP contribution < -0.4 is 0 Å². The first-order valence-electron chi connectivity index (χ1n) is 7.22. The molecule has 0 fully saturated rings. The van der Waals surface area contributed by atoms with Crippen LogP contribution in [0.3, 0.4) is 0 Å². The van der Waals surface area contributed by atoms with Gasteiger partial charge in [0.25, 0.3) is 0 Å². The van der Waals surface area contributed by atoms with E-state index in [9.17, 15) is 18.7 Å². The fourth-order valence-electron chi connectivity index (χ4n) is 2.30. The molecule has 0 saturated heterocycles. The lowest BCUT2D eigenvalue weighted by Gasteiger charge is -2.11. The molecule has 116 valence electrons. The van der Waals surface area contributed by atoms with Gasteiger partial charge in [-0.3, -0.25) is 0 Å². The molecule has 1 N–H and O–H groups in total. The molecule has 0 aromatic heterocycles. The van der Waals surface area contributed by atoms with Gasteiger partial charge in [0.1, 0.15) is 5.78 Å². The first-order valence-corrected chi connectivity index (χ1v) is 7.22. The topological polar surface area (TPSA) is 37.3 Å². The molecule has 2 aromatic rings. The molecule has 2 rings (SSSR count). The Labute approximate surface area is 128 Å². The van der Waals surface area contributed by atoms with E-state index >= 15 is 0 Å². The summed E-state index contributed by atoms with van der Waals surface area (Å²) in [6.07, 6.45) is 1.21. The molecule has 0 bridgehead atoms. The van der Waals surface area contributed by atoms with Gasteiger partial charge in [0, 0.05) is 12.0 Å². The number of aryl methyl sites for hydroxylation is 2. The van der Waals surface area contributed by atoms with Crippen molar-refractivity contribution in [2.75, 3.05) is 0 Å². The van der Waals surface area contributed by atoms with Crippen LogP contribution >= 0.6 is 0 Å². The predicted molar refractivity (Wildman–Crippen MR) is 81.8 cm³/mol. The zero-order valence-corrected chi connectivity index (χ0v) is 12.6. The molecule has 4 heteroatoms. The molecular weight excluding hydrogens is 286 g/mol. The van der Waals surface area contributed by atoms with Crippen LogP contribution in [-0.4, -0.2) is 10.9 Å². The van der Waals surface area contributed by atoms with Crippen LogP contribution in [0, 0.1) is 11.6 Å². The SMILES string of the molecule is CCc1ccc(-c2cc(CCC(C)=O)c(O)c(F)c2F)cc1. The van der Waals surface area contributed by atoms with E-state index in [1.807, 2.05) is 19.1 Å². The van der Waals surface area contributed by atoms with E-state index in [1.165, 1.54) is 13.0 Å². The highest BCUT2D eigenvalue weighted by Gasteiger charge is 2.19. The molecule has 0 radical (unpaired) electrons. The first-order chi connectivity index (χ1) is 10.4. The summed E-state index contributed by atoms with van der Waals surface area (Å²) in [6.45, 7) is 3.43. The van der Waals surface area contributed by atoms with Gasteiger partial charge in [0.15, 0.2) is 11.6 Å². The number of carbonyl (C=O) groups is 1. The normalized spacial score (nSPS) is 10.7. The maximum atomic E-state index is 14.1. The second kappa shape index (κ2) is 6.69. The number of Topliss-reactive ketones (excluding diaryl/α,β-unsaturated/α-hetero) is 1. The van der Waals surface area contributed by atoms with Crippen molar-refractivity contribution in [1.82, 2.24) is 0 Å². The summed E-state index contributed by atoms with van der Waals surface area (Å²) in [5.74, 6) is -3.13. The summed E-state index contributed by atoms with van der Waals surface area (Å²) < 4.78 is 28.0. The number of aromatic hydroxyl groups is 1. The van der Waals surface area contributed by atoms with Crippen molar-refractivity contribution >= 4 is 5.78 Å².